The van der Waals surface area contributed by atoms with Crippen molar-refractivity contribution < 1.29 is 33.4 Å². The number of fused-ring (bicyclic) bond motifs is 1. The van der Waals surface area contributed by atoms with Crippen molar-refractivity contribution in [3.8, 4) is 11.5 Å². The summed E-state index contributed by atoms with van der Waals surface area (Å²) in [6, 6.07) is 18.6. The summed E-state index contributed by atoms with van der Waals surface area (Å²) in [5.41, 5.74) is -0.682. The maximum Gasteiger partial charge on any atom is 0.346 e. The Morgan fingerprint density at radius 3 is 1.38 bits per heavy atom. The fourth-order valence-electron chi connectivity index (χ4n) is 2.77. The molecule has 0 aliphatic carbocycles. The number of hydrogen-bond donors (Lipinski definition) is 0. The molecule has 4 rings (SSSR count). The molecule has 7 heteroatoms. The maximum absolute atomic E-state index is 12.7. The van der Waals surface area contributed by atoms with Gasteiger partial charge in [0.15, 0.2) is 0 Å². The number of cyclic esters (lactones) is 2. The van der Waals surface area contributed by atoms with Gasteiger partial charge in [0.1, 0.15) is 11.5 Å². The van der Waals surface area contributed by atoms with Crippen molar-refractivity contribution >= 4 is 23.9 Å². The molecule has 1 aliphatic rings. The van der Waals surface area contributed by atoms with E-state index in [0.717, 1.165) is 12.1 Å². The first-order chi connectivity index (χ1) is 14.0. The molecule has 3 aromatic rings. The van der Waals surface area contributed by atoms with Crippen LogP contribution in [0.15, 0.2) is 72.8 Å². The molecule has 1 aliphatic heterocycles. The van der Waals surface area contributed by atoms with Crippen LogP contribution in [-0.2, 0) is 4.74 Å². The van der Waals surface area contributed by atoms with Gasteiger partial charge in [-0.05, 0) is 36.4 Å². The summed E-state index contributed by atoms with van der Waals surface area (Å²) in [6.45, 7) is 0. The van der Waals surface area contributed by atoms with E-state index >= 15 is 0 Å². The molecule has 3 aromatic carbocycles. The Balaban J connectivity index is 1.75. The van der Waals surface area contributed by atoms with Crippen LogP contribution in [0.1, 0.15) is 41.4 Å². The lowest BCUT2D eigenvalue weighted by molar-refractivity contribution is 0.0443. The molecular weight excluding hydrogens is 376 g/mol. The molecule has 1 heterocycles. The van der Waals surface area contributed by atoms with Crippen molar-refractivity contribution in [2.24, 2.45) is 0 Å². The first-order valence-electron chi connectivity index (χ1n) is 8.52. The molecule has 0 saturated carbocycles. The van der Waals surface area contributed by atoms with Crippen molar-refractivity contribution in [2.45, 2.75) is 0 Å². The first-order valence-corrected chi connectivity index (χ1v) is 8.52. The van der Waals surface area contributed by atoms with Crippen molar-refractivity contribution in [1.82, 2.24) is 0 Å². The lowest BCUT2D eigenvalue weighted by Crippen LogP contribution is -2.19. The predicted molar refractivity (Wildman–Crippen MR) is 99.0 cm³/mol. The molecule has 0 radical (unpaired) electrons. The highest BCUT2D eigenvalue weighted by atomic mass is 16.6. The standard InChI is InChI=1S/C22H12O7/c23-19(27-13-7-3-1-4-8-13)15-11-17-18(22(26)29-21(17)25)12-16(15)20(24)28-14-9-5-2-6-10-14/h1-12H. The SMILES string of the molecule is O=C1OC(=O)c2cc(C(=O)Oc3ccccc3)c(C(=O)Oc3ccccc3)cc21. The summed E-state index contributed by atoms with van der Waals surface area (Å²) in [5.74, 6) is -3.07. The molecule has 0 amide bonds. The third-order valence-electron chi connectivity index (χ3n) is 4.13. The number of hydrogen-bond acceptors (Lipinski definition) is 7. The highest BCUT2D eigenvalue weighted by Crippen LogP contribution is 2.26. The van der Waals surface area contributed by atoms with Gasteiger partial charge >= 0.3 is 23.9 Å². The van der Waals surface area contributed by atoms with Crippen molar-refractivity contribution in [3.05, 3.63) is 95.1 Å². The minimum atomic E-state index is -0.901. The summed E-state index contributed by atoms with van der Waals surface area (Å²) < 4.78 is 15.1. The minimum Gasteiger partial charge on any atom is -0.423 e. The fourth-order valence-corrected chi connectivity index (χ4v) is 2.77. The molecule has 0 fully saturated rings. The van der Waals surface area contributed by atoms with Crippen molar-refractivity contribution in [1.29, 1.82) is 0 Å². The minimum absolute atomic E-state index is 0.119. The predicted octanol–water partition coefficient (Wildman–Crippen LogP) is 3.44. The van der Waals surface area contributed by atoms with Gasteiger partial charge in [-0.1, -0.05) is 36.4 Å². The molecule has 0 aromatic heterocycles. The van der Waals surface area contributed by atoms with Crippen molar-refractivity contribution in [3.63, 3.8) is 0 Å². The van der Waals surface area contributed by atoms with Gasteiger partial charge in [-0.15, -0.1) is 0 Å². The van der Waals surface area contributed by atoms with Gasteiger partial charge in [-0.25, -0.2) is 19.2 Å². The molecule has 0 saturated heterocycles. The normalized spacial score (nSPS) is 12.1. The van der Waals surface area contributed by atoms with E-state index in [9.17, 15) is 19.2 Å². The lowest BCUT2D eigenvalue weighted by atomic mass is 9.99. The van der Waals surface area contributed by atoms with Crippen LogP contribution >= 0.6 is 0 Å². The van der Waals surface area contributed by atoms with Gasteiger partial charge in [0, 0.05) is 0 Å². The number of carbonyl (C=O) groups is 4. The Kier molecular flexibility index (Phi) is 4.62. The van der Waals surface area contributed by atoms with Crippen LogP contribution < -0.4 is 9.47 Å². The monoisotopic (exact) mass is 388 g/mol. The molecule has 0 atom stereocenters. The zero-order chi connectivity index (χ0) is 20.4. The van der Waals surface area contributed by atoms with Crippen LogP contribution in [0.4, 0.5) is 0 Å². The number of ether oxygens (including phenoxy) is 3. The molecule has 7 nitrogen and oxygen atoms in total. The summed E-state index contributed by atoms with van der Waals surface area (Å²) in [6.07, 6.45) is 0. The van der Waals surface area contributed by atoms with Gasteiger partial charge in [0.25, 0.3) is 0 Å². The van der Waals surface area contributed by atoms with Crippen LogP contribution in [-0.4, -0.2) is 23.9 Å². The number of benzene rings is 3. The van der Waals surface area contributed by atoms with Gasteiger partial charge in [0.2, 0.25) is 0 Å². The van der Waals surface area contributed by atoms with Crippen molar-refractivity contribution in [2.75, 3.05) is 0 Å². The van der Waals surface area contributed by atoms with Crippen LogP contribution in [0.25, 0.3) is 0 Å². The molecule has 0 unspecified atom stereocenters. The largest absolute Gasteiger partial charge is 0.423 e. The molecular formula is C22H12O7. The molecule has 142 valence electrons. The summed E-state index contributed by atoms with van der Waals surface area (Å²) >= 11 is 0. The Hall–Kier alpha value is -4.26. The second-order valence-electron chi connectivity index (χ2n) is 6.03. The van der Waals surface area contributed by atoms with Crippen LogP contribution in [0, 0.1) is 0 Å². The van der Waals surface area contributed by atoms with E-state index in [1.54, 1.807) is 60.7 Å². The van der Waals surface area contributed by atoms with Gasteiger partial charge in [0.05, 0.1) is 22.3 Å². The topological polar surface area (TPSA) is 96.0 Å². The summed E-state index contributed by atoms with van der Waals surface area (Å²) in [5, 5.41) is 0. The molecule has 0 spiro atoms. The highest BCUT2D eigenvalue weighted by molar-refractivity contribution is 6.17. The fraction of sp³-hybridized carbons (Fsp3) is 0. The molecule has 0 N–H and O–H groups in total. The lowest BCUT2D eigenvalue weighted by Gasteiger charge is -2.10. The third kappa shape index (κ3) is 3.61. The van der Waals surface area contributed by atoms with Gasteiger partial charge in [-0.2, -0.15) is 0 Å². The molecule has 0 bridgehead atoms. The molecule has 29 heavy (non-hydrogen) atoms. The first kappa shape index (κ1) is 18.1. The zero-order valence-corrected chi connectivity index (χ0v) is 14.8. The van der Waals surface area contributed by atoms with Gasteiger partial charge in [-0.3, -0.25) is 0 Å². The maximum atomic E-state index is 12.7. The number of esters is 4. The van der Waals surface area contributed by atoms with E-state index in [1.807, 2.05) is 0 Å². The quantitative estimate of drug-likeness (QED) is 0.384. The smallest absolute Gasteiger partial charge is 0.346 e. The number of para-hydroxylation sites is 2. The number of rotatable bonds is 4. The zero-order valence-electron chi connectivity index (χ0n) is 14.8. The van der Waals surface area contributed by atoms with Crippen LogP contribution in [0.2, 0.25) is 0 Å². The number of carbonyl (C=O) groups excluding carboxylic acids is 4. The summed E-state index contributed by atoms with van der Waals surface area (Å²) in [4.78, 5) is 49.2. The van der Waals surface area contributed by atoms with E-state index in [1.165, 1.54) is 0 Å². The summed E-state index contributed by atoms with van der Waals surface area (Å²) in [7, 11) is 0. The second kappa shape index (κ2) is 7.40. The van der Waals surface area contributed by atoms with E-state index in [-0.39, 0.29) is 33.8 Å². The van der Waals surface area contributed by atoms with Gasteiger partial charge < -0.3 is 14.2 Å². The Morgan fingerprint density at radius 1 is 0.621 bits per heavy atom. The Morgan fingerprint density at radius 2 is 1.00 bits per heavy atom. The average molecular weight is 388 g/mol. The Labute approximate surface area is 164 Å². The Bertz CT molecular complexity index is 1040. The van der Waals surface area contributed by atoms with Crippen LogP contribution in [0.3, 0.4) is 0 Å². The third-order valence-corrected chi connectivity index (χ3v) is 4.13. The van der Waals surface area contributed by atoms with E-state index in [4.69, 9.17) is 9.47 Å². The highest BCUT2D eigenvalue weighted by Gasteiger charge is 2.34. The van der Waals surface area contributed by atoms with E-state index < -0.39 is 23.9 Å². The van der Waals surface area contributed by atoms with E-state index in [2.05, 4.69) is 4.74 Å². The van der Waals surface area contributed by atoms with E-state index in [0.29, 0.717) is 0 Å². The second-order valence-corrected chi connectivity index (χ2v) is 6.03. The average Bonchev–Trinajstić information content (AvgIpc) is 3.01. The van der Waals surface area contributed by atoms with Crippen LogP contribution in [0.5, 0.6) is 11.5 Å².